The number of rotatable bonds is 5. The number of hydrogen-bond acceptors (Lipinski definition) is 6. The predicted molar refractivity (Wildman–Crippen MR) is 111 cm³/mol. The number of hydrogen-bond donors (Lipinski definition) is 1. The SMILES string of the molecule is COc1ccc(CNc2nc(-c3ccccn3)nc3sc(C(F)(F)F)cc23)cc1Cl. The molecule has 0 fully saturated rings. The zero-order valence-corrected chi connectivity index (χ0v) is 17.1. The van der Waals surface area contributed by atoms with Crippen LogP contribution in [0.4, 0.5) is 19.0 Å². The molecule has 0 aliphatic heterocycles. The first-order chi connectivity index (χ1) is 14.3. The second-order valence-corrected chi connectivity index (χ2v) is 7.70. The monoisotopic (exact) mass is 450 g/mol. The number of ether oxygens (including phenoxy) is 1. The number of nitrogens with one attached hydrogen (secondary N) is 1. The molecule has 5 nitrogen and oxygen atoms in total. The van der Waals surface area contributed by atoms with Gasteiger partial charge in [0.25, 0.3) is 0 Å². The molecule has 0 bridgehead atoms. The fraction of sp³-hybridized carbons (Fsp3) is 0.150. The second-order valence-electron chi connectivity index (χ2n) is 6.26. The second kappa shape index (κ2) is 8.08. The first-order valence-electron chi connectivity index (χ1n) is 8.71. The lowest BCUT2D eigenvalue weighted by Crippen LogP contribution is -2.04. The van der Waals surface area contributed by atoms with Gasteiger partial charge in [0.1, 0.15) is 27.0 Å². The Balaban J connectivity index is 1.74. The van der Waals surface area contributed by atoms with E-state index in [0.717, 1.165) is 11.6 Å². The van der Waals surface area contributed by atoms with Crippen LogP contribution >= 0.6 is 22.9 Å². The van der Waals surface area contributed by atoms with E-state index in [2.05, 4.69) is 20.3 Å². The Morgan fingerprint density at radius 1 is 1.13 bits per heavy atom. The van der Waals surface area contributed by atoms with E-state index in [9.17, 15) is 13.2 Å². The van der Waals surface area contributed by atoms with E-state index in [-0.39, 0.29) is 10.7 Å². The van der Waals surface area contributed by atoms with Crippen LogP contribution in [0.25, 0.3) is 21.7 Å². The molecule has 154 valence electrons. The maximum absolute atomic E-state index is 13.3. The number of methoxy groups -OCH3 is 1. The molecular formula is C20H14ClF3N4OS. The third-order valence-electron chi connectivity index (χ3n) is 4.24. The molecule has 0 aliphatic rings. The lowest BCUT2D eigenvalue weighted by molar-refractivity contribution is -0.134. The molecule has 0 unspecified atom stereocenters. The number of halogens is 4. The Kier molecular flexibility index (Phi) is 5.48. The number of alkyl halides is 3. The first-order valence-corrected chi connectivity index (χ1v) is 9.91. The first kappa shape index (κ1) is 20.4. The molecule has 0 atom stereocenters. The van der Waals surface area contributed by atoms with E-state index in [1.807, 2.05) is 6.07 Å². The smallest absolute Gasteiger partial charge is 0.425 e. The van der Waals surface area contributed by atoms with E-state index < -0.39 is 11.1 Å². The highest BCUT2D eigenvalue weighted by atomic mass is 35.5. The molecule has 0 saturated carbocycles. The van der Waals surface area contributed by atoms with E-state index in [0.29, 0.717) is 45.6 Å². The number of thiophene rings is 1. The quantitative estimate of drug-likeness (QED) is 0.401. The summed E-state index contributed by atoms with van der Waals surface area (Å²) in [6.45, 7) is 0.300. The third-order valence-corrected chi connectivity index (χ3v) is 5.61. The van der Waals surface area contributed by atoms with Crippen molar-refractivity contribution in [2.75, 3.05) is 12.4 Å². The molecule has 4 aromatic rings. The molecule has 1 N–H and O–H groups in total. The Bertz CT molecular complexity index is 1200. The fourth-order valence-corrected chi connectivity index (χ4v) is 3.99. The summed E-state index contributed by atoms with van der Waals surface area (Å²) in [7, 11) is 1.52. The van der Waals surface area contributed by atoms with Gasteiger partial charge in [0.05, 0.1) is 17.5 Å². The molecule has 0 saturated heterocycles. The van der Waals surface area contributed by atoms with E-state index in [1.165, 1.54) is 7.11 Å². The molecule has 3 aromatic heterocycles. The average molecular weight is 451 g/mol. The van der Waals surface area contributed by atoms with Crippen LogP contribution in [-0.4, -0.2) is 22.1 Å². The summed E-state index contributed by atoms with van der Waals surface area (Å²) in [5, 5.41) is 3.84. The molecule has 3 heterocycles. The minimum atomic E-state index is -4.46. The van der Waals surface area contributed by atoms with Gasteiger partial charge >= 0.3 is 6.18 Å². The number of anilines is 1. The third kappa shape index (κ3) is 4.17. The number of benzene rings is 1. The van der Waals surface area contributed by atoms with Gasteiger partial charge < -0.3 is 10.1 Å². The normalized spacial score (nSPS) is 11.6. The highest BCUT2D eigenvalue weighted by Gasteiger charge is 2.33. The van der Waals surface area contributed by atoms with Crippen molar-refractivity contribution in [3.63, 3.8) is 0 Å². The molecule has 4 rings (SSSR count). The Hall–Kier alpha value is -2.91. The fourth-order valence-electron chi connectivity index (χ4n) is 2.81. The minimum absolute atomic E-state index is 0.230. The van der Waals surface area contributed by atoms with Gasteiger partial charge in [-0.1, -0.05) is 23.7 Å². The lowest BCUT2D eigenvalue weighted by Gasteiger charge is -2.10. The molecule has 10 heteroatoms. The van der Waals surface area contributed by atoms with Crippen molar-refractivity contribution in [3.05, 3.63) is 64.1 Å². The largest absolute Gasteiger partial charge is 0.495 e. The van der Waals surface area contributed by atoms with Crippen molar-refractivity contribution >= 4 is 39.0 Å². The molecule has 0 radical (unpaired) electrons. The summed E-state index contributed by atoms with van der Waals surface area (Å²) >= 11 is 6.73. The Morgan fingerprint density at radius 3 is 2.63 bits per heavy atom. The van der Waals surface area contributed by atoms with Gasteiger partial charge in [0, 0.05) is 12.7 Å². The number of aromatic nitrogens is 3. The highest BCUT2D eigenvalue weighted by molar-refractivity contribution is 7.18. The van der Waals surface area contributed by atoms with Crippen molar-refractivity contribution < 1.29 is 17.9 Å². The van der Waals surface area contributed by atoms with Crippen LogP contribution in [0, 0.1) is 0 Å². The number of nitrogens with zero attached hydrogens (tertiary/aromatic N) is 3. The lowest BCUT2D eigenvalue weighted by atomic mass is 10.2. The average Bonchev–Trinajstić information content (AvgIpc) is 3.18. The van der Waals surface area contributed by atoms with Gasteiger partial charge in [-0.05, 0) is 35.9 Å². The summed E-state index contributed by atoms with van der Waals surface area (Å²) in [5.41, 5.74) is 1.29. The number of pyridine rings is 1. The topological polar surface area (TPSA) is 59.9 Å². The molecule has 30 heavy (non-hydrogen) atoms. The Labute approximate surface area is 178 Å². The van der Waals surface area contributed by atoms with E-state index >= 15 is 0 Å². The van der Waals surface area contributed by atoms with E-state index in [4.69, 9.17) is 16.3 Å². The van der Waals surface area contributed by atoms with Crippen LogP contribution in [0.1, 0.15) is 10.4 Å². The van der Waals surface area contributed by atoms with E-state index in [1.54, 1.807) is 36.5 Å². The Morgan fingerprint density at radius 2 is 1.97 bits per heavy atom. The van der Waals surface area contributed by atoms with Crippen molar-refractivity contribution in [3.8, 4) is 17.3 Å². The van der Waals surface area contributed by atoms with Crippen LogP contribution in [0.5, 0.6) is 5.75 Å². The maximum atomic E-state index is 13.3. The summed E-state index contributed by atoms with van der Waals surface area (Å²) in [6.07, 6.45) is -2.89. The zero-order valence-electron chi connectivity index (χ0n) is 15.5. The maximum Gasteiger partial charge on any atom is 0.425 e. The predicted octanol–water partition coefficient (Wildman–Crippen LogP) is 6.05. The highest BCUT2D eigenvalue weighted by Crippen LogP contribution is 2.40. The summed E-state index contributed by atoms with van der Waals surface area (Å²) in [4.78, 5) is 12.4. The molecule has 0 spiro atoms. The van der Waals surface area contributed by atoms with Crippen LogP contribution in [0.2, 0.25) is 5.02 Å². The van der Waals surface area contributed by atoms with Gasteiger partial charge in [0.15, 0.2) is 5.82 Å². The van der Waals surface area contributed by atoms with Gasteiger partial charge in [-0.25, -0.2) is 9.97 Å². The summed E-state index contributed by atoms with van der Waals surface area (Å²) < 4.78 is 44.9. The standard InChI is InChI=1S/C20H14ClF3N4OS/c1-29-15-6-5-11(8-13(15)21)10-26-17-12-9-16(20(22,23)24)30-19(12)28-18(27-17)14-4-2-3-7-25-14/h2-9H,10H2,1H3,(H,26,27,28). The molecule has 1 aromatic carbocycles. The summed E-state index contributed by atoms with van der Waals surface area (Å²) in [5.74, 6) is 1.07. The van der Waals surface area contributed by atoms with Gasteiger partial charge in [0.2, 0.25) is 0 Å². The molecular weight excluding hydrogens is 437 g/mol. The zero-order chi connectivity index (χ0) is 21.3. The van der Waals surface area contributed by atoms with Crippen LogP contribution < -0.4 is 10.1 Å². The van der Waals surface area contributed by atoms with Crippen molar-refractivity contribution in [2.45, 2.75) is 12.7 Å². The van der Waals surface area contributed by atoms with Gasteiger partial charge in [-0.3, -0.25) is 4.98 Å². The van der Waals surface area contributed by atoms with Gasteiger partial charge in [-0.2, -0.15) is 13.2 Å². The van der Waals surface area contributed by atoms with Crippen LogP contribution in [-0.2, 0) is 12.7 Å². The van der Waals surface area contributed by atoms with Crippen molar-refractivity contribution in [1.82, 2.24) is 15.0 Å². The van der Waals surface area contributed by atoms with Gasteiger partial charge in [-0.15, -0.1) is 11.3 Å². The van der Waals surface area contributed by atoms with Crippen LogP contribution in [0.15, 0.2) is 48.7 Å². The summed E-state index contributed by atoms with van der Waals surface area (Å²) in [6, 6.07) is 11.5. The minimum Gasteiger partial charge on any atom is -0.495 e. The molecule has 0 aliphatic carbocycles. The van der Waals surface area contributed by atoms with Crippen LogP contribution in [0.3, 0.4) is 0 Å². The molecule has 0 amide bonds. The van der Waals surface area contributed by atoms with Crippen molar-refractivity contribution in [2.24, 2.45) is 0 Å². The number of fused-ring (bicyclic) bond motifs is 1. The van der Waals surface area contributed by atoms with Crippen molar-refractivity contribution in [1.29, 1.82) is 0 Å².